The fourth-order valence-corrected chi connectivity index (χ4v) is 1.89. The normalized spacial score (nSPS) is 9.91. The third-order valence-corrected chi connectivity index (χ3v) is 3.11. The van der Waals surface area contributed by atoms with Gasteiger partial charge in [-0.1, -0.05) is 11.6 Å². The van der Waals surface area contributed by atoms with Crippen LogP contribution in [0.2, 0.25) is 5.02 Å². The molecule has 0 aliphatic rings. The highest BCUT2D eigenvalue weighted by atomic mass is 35.5. The maximum atomic E-state index is 12.0. The fourth-order valence-electron chi connectivity index (χ4n) is 1.69. The Balaban J connectivity index is 2.60. The summed E-state index contributed by atoms with van der Waals surface area (Å²) in [5, 5.41) is 5.41. The van der Waals surface area contributed by atoms with E-state index >= 15 is 0 Å². The van der Waals surface area contributed by atoms with Gasteiger partial charge < -0.3 is 20.3 Å². The highest BCUT2D eigenvalue weighted by Crippen LogP contribution is 2.21. The Hall–Kier alpha value is -2.28. The van der Waals surface area contributed by atoms with Crippen LogP contribution in [-0.2, 0) is 9.53 Å². The molecule has 1 aromatic carbocycles. The van der Waals surface area contributed by atoms with E-state index in [9.17, 15) is 14.4 Å². The van der Waals surface area contributed by atoms with Crippen molar-refractivity contribution in [3.8, 4) is 0 Å². The smallest absolute Gasteiger partial charge is 0.407 e. The molecule has 0 saturated heterocycles. The highest BCUT2D eigenvalue weighted by Gasteiger charge is 2.14. The minimum atomic E-state index is -0.564. The predicted octanol–water partition coefficient (Wildman–Crippen LogP) is 2.12. The number of rotatable bonds is 6. The van der Waals surface area contributed by atoms with Crippen molar-refractivity contribution in [2.75, 3.05) is 32.6 Å². The molecular formula is C15H20ClN3O4. The number of ether oxygens (including phenoxy) is 1. The molecule has 0 atom stereocenters. The summed E-state index contributed by atoms with van der Waals surface area (Å²) in [5.74, 6) is -0.553. The van der Waals surface area contributed by atoms with Crippen molar-refractivity contribution in [1.82, 2.24) is 10.2 Å². The quantitative estimate of drug-likeness (QED) is 0.829. The van der Waals surface area contributed by atoms with E-state index in [4.69, 9.17) is 11.6 Å². The summed E-state index contributed by atoms with van der Waals surface area (Å²) >= 11 is 6.00. The second-order valence-electron chi connectivity index (χ2n) is 4.84. The number of amides is 3. The van der Waals surface area contributed by atoms with Crippen LogP contribution in [0, 0.1) is 0 Å². The number of nitrogens with zero attached hydrogens (tertiary/aromatic N) is 1. The van der Waals surface area contributed by atoms with Gasteiger partial charge in [0.1, 0.15) is 0 Å². The maximum absolute atomic E-state index is 12.0. The monoisotopic (exact) mass is 341 g/mol. The second kappa shape index (κ2) is 8.99. The van der Waals surface area contributed by atoms with Gasteiger partial charge in [0.05, 0.1) is 17.2 Å². The van der Waals surface area contributed by atoms with E-state index in [0.717, 1.165) is 0 Å². The molecule has 0 heterocycles. The van der Waals surface area contributed by atoms with Gasteiger partial charge in [0.25, 0.3) is 5.91 Å². The van der Waals surface area contributed by atoms with Gasteiger partial charge in [0, 0.05) is 32.7 Å². The molecule has 126 valence electrons. The van der Waals surface area contributed by atoms with Crippen molar-refractivity contribution in [3.05, 3.63) is 28.8 Å². The fraction of sp³-hybridized carbons (Fsp3) is 0.400. The van der Waals surface area contributed by atoms with Crippen molar-refractivity contribution in [2.24, 2.45) is 0 Å². The number of alkyl carbamates (subject to hydrolysis) is 1. The van der Waals surface area contributed by atoms with Crippen LogP contribution in [0.25, 0.3) is 0 Å². The number of hydrogen-bond donors (Lipinski definition) is 2. The van der Waals surface area contributed by atoms with E-state index < -0.39 is 6.09 Å². The number of hydrogen-bond acceptors (Lipinski definition) is 4. The first-order valence-electron chi connectivity index (χ1n) is 7.06. The Kier molecular flexibility index (Phi) is 7.34. The van der Waals surface area contributed by atoms with E-state index in [2.05, 4.69) is 15.4 Å². The molecule has 0 bridgehead atoms. The van der Waals surface area contributed by atoms with Crippen LogP contribution < -0.4 is 10.6 Å². The first kappa shape index (κ1) is 18.8. The van der Waals surface area contributed by atoms with Gasteiger partial charge in [-0.05, 0) is 25.1 Å². The van der Waals surface area contributed by atoms with Gasteiger partial charge in [-0.3, -0.25) is 9.59 Å². The van der Waals surface area contributed by atoms with Crippen molar-refractivity contribution >= 4 is 35.2 Å². The van der Waals surface area contributed by atoms with Crippen molar-refractivity contribution in [1.29, 1.82) is 0 Å². The zero-order chi connectivity index (χ0) is 17.4. The summed E-state index contributed by atoms with van der Waals surface area (Å²) in [6, 6.07) is 4.66. The first-order valence-corrected chi connectivity index (χ1v) is 7.44. The van der Waals surface area contributed by atoms with Crippen LogP contribution in [-0.4, -0.2) is 50.1 Å². The van der Waals surface area contributed by atoms with E-state index in [1.807, 2.05) is 0 Å². The first-order chi connectivity index (χ1) is 10.8. The zero-order valence-electron chi connectivity index (χ0n) is 13.3. The van der Waals surface area contributed by atoms with Crippen LogP contribution in [0.4, 0.5) is 10.5 Å². The Morgan fingerprint density at radius 3 is 2.57 bits per heavy atom. The largest absolute Gasteiger partial charge is 0.450 e. The van der Waals surface area contributed by atoms with Gasteiger partial charge >= 0.3 is 6.09 Å². The topological polar surface area (TPSA) is 87.7 Å². The average molecular weight is 342 g/mol. The molecule has 0 unspecified atom stereocenters. The summed E-state index contributed by atoms with van der Waals surface area (Å²) < 4.78 is 4.68. The molecule has 7 nitrogen and oxygen atoms in total. The molecule has 0 radical (unpaired) electrons. The Morgan fingerprint density at radius 2 is 1.96 bits per heavy atom. The van der Waals surface area contributed by atoms with E-state index in [1.165, 1.54) is 11.0 Å². The van der Waals surface area contributed by atoms with Crippen LogP contribution in [0.5, 0.6) is 0 Å². The van der Waals surface area contributed by atoms with Crippen molar-refractivity contribution < 1.29 is 19.1 Å². The summed E-state index contributed by atoms with van der Waals surface area (Å²) in [6.45, 7) is 2.12. The second-order valence-corrected chi connectivity index (χ2v) is 5.25. The number of halogens is 1. The maximum Gasteiger partial charge on any atom is 0.407 e. The average Bonchev–Trinajstić information content (AvgIpc) is 2.48. The zero-order valence-corrected chi connectivity index (χ0v) is 14.1. The lowest BCUT2D eigenvalue weighted by molar-refractivity contribution is -0.116. The van der Waals surface area contributed by atoms with Crippen LogP contribution in [0.3, 0.4) is 0 Å². The number of carbonyl (C=O) groups excluding carboxylic acids is 3. The lowest BCUT2D eigenvalue weighted by Crippen LogP contribution is -2.28. The number of carbonyl (C=O) groups is 3. The molecule has 0 aliphatic carbocycles. The van der Waals surface area contributed by atoms with Crippen LogP contribution in [0.15, 0.2) is 18.2 Å². The lowest BCUT2D eigenvalue weighted by atomic mass is 10.1. The molecular weight excluding hydrogens is 322 g/mol. The molecule has 3 amide bonds. The molecule has 8 heteroatoms. The molecule has 0 saturated carbocycles. The number of nitrogens with one attached hydrogen (secondary N) is 2. The molecule has 1 aromatic rings. The predicted molar refractivity (Wildman–Crippen MR) is 87.7 cm³/mol. The van der Waals surface area contributed by atoms with E-state index in [1.54, 1.807) is 33.2 Å². The molecule has 1 rings (SSSR count). The Bertz CT molecular complexity index is 590. The summed E-state index contributed by atoms with van der Waals surface area (Å²) in [5.41, 5.74) is 0.764. The lowest BCUT2D eigenvalue weighted by Gasteiger charge is -2.13. The summed E-state index contributed by atoms with van der Waals surface area (Å²) in [4.78, 5) is 36.3. The Morgan fingerprint density at radius 1 is 1.26 bits per heavy atom. The molecule has 0 fully saturated rings. The van der Waals surface area contributed by atoms with Gasteiger partial charge in [-0.15, -0.1) is 0 Å². The summed E-state index contributed by atoms with van der Waals surface area (Å²) in [7, 11) is 3.23. The standard InChI is InChI=1S/C15H20ClN3O4/c1-4-23-15(22)17-8-7-13(20)18-10-5-6-12(16)11(9-10)14(21)19(2)3/h5-6,9H,4,7-8H2,1-3H3,(H,17,22)(H,18,20). The van der Waals surface area contributed by atoms with Crippen LogP contribution >= 0.6 is 11.6 Å². The minimum absolute atomic E-state index is 0.0817. The van der Waals surface area contributed by atoms with Gasteiger partial charge in [-0.2, -0.15) is 0 Å². The van der Waals surface area contributed by atoms with Crippen molar-refractivity contribution in [3.63, 3.8) is 0 Å². The molecule has 2 N–H and O–H groups in total. The molecule has 0 spiro atoms. The number of benzene rings is 1. The minimum Gasteiger partial charge on any atom is -0.450 e. The van der Waals surface area contributed by atoms with E-state index in [-0.39, 0.29) is 31.4 Å². The van der Waals surface area contributed by atoms with Gasteiger partial charge in [0.2, 0.25) is 5.91 Å². The Labute approximate surface area is 139 Å². The van der Waals surface area contributed by atoms with Gasteiger partial charge in [0.15, 0.2) is 0 Å². The third-order valence-electron chi connectivity index (χ3n) is 2.78. The summed E-state index contributed by atoms with van der Waals surface area (Å²) in [6.07, 6.45) is -0.482. The SMILES string of the molecule is CCOC(=O)NCCC(=O)Nc1ccc(Cl)c(C(=O)N(C)C)c1. The highest BCUT2D eigenvalue weighted by molar-refractivity contribution is 6.34. The van der Waals surface area contributed by atoms with Crippen molar-refractivity contribution in [2.45, 2.75) is 13.3 Å². The number of anilines is 1. The van der Waals surface area contributed by atoms with Crippen LogP contribution in [0.1, 0.15) is 23.7 Å². The third kappa shape index (κ3) is 6.15. The molecule has 0 aliphatic heterocycles. The van der Waals surface area contributed by atoms with Gasteiger partial charge in [-0.25, -0.2) is 4.79 Å². The molecule has 0 aromatic heterocycles. The van der Waals surface area contributed by atoms with E-state index in [0.29, 0.717) is 16.3 Å². The molecule has 23 heavy (non-hydrogen) atoms.